The summed E-state index contributed by atoms with van der Waals surface area (Å²) < 4.78 is 19.9. The van der Waals surface area contributed by atoms with Gasteiger partial charge in [0.1, 0.15) is 0 Å². The molecule has 0 aromatic heterocycles. The first-order chi connectivity index (χ1) is 23.7. The molecule has 0 aliphatic heterocycles. The van der Waals surface area contributed by atoms with E-state index < -0.39 is 0 Å². The molecule has 0 saturated heterocycles. The van der Waals surface area contributed by atoms with Gasteiger partial charge in [0.25, 0.3) is 0 Å². The molecule has 1 amide bonds. The molecular weight excluding hydrogens is 612 g/mol. The van der Waals surface area contributed by atoms with E-state index >= 15 is 0 Å². The first-order valence-corrected chi connectivity index (χ1v) is 20.9. The molecule has 49 heavy (non-hydrogen) atoms. The fourth-order valence-electron chi connectivity index (χ4n) is 10.7. The maximum atomic E-state index is 12.9. The number of rotatable bonds is 26. The standard InChI is InChI=1S/C41H80N4O4/c1-6-8-9-10-11-12-24-45-38(46)19-16-31(3)33-17-18-34-39-35(30-37(41(33,34)5)49-27-15-23-44)40(4,7-2)32(20-28-47-25-13-21-42)29-36(39)48-26-14-22-43/h31-37,39H,6-30,42-44H2,1-5H3,(H,45,46)/t31-,32?,33-,34+,35+,36-,37+,39?,40+,41-/m1/s1. The van der Waals surface area contributed by atoms with Crippen LogP contribution in [-0.2, 0) is 19.0 Å². The third-order valence-electron chi connectivity index (χ3n) is 13.8. The summed E-state index contributed by atoms with van der Waals surface area (Å²) in [6, 6.07) is 0. The molecule has 3 saturated carbocycles. The first kappa shape index (κ1) is 42.6. The molecule has 7 N–H and O–H groups in total. The maximum Gasteiger partial charge on any atom is 0.220 e. The largest absolute Gasteiger partial charge is 0.381 e. The lowest BCUT2D eigenvalue weighted by Crippen LogP contribution is -2.62. The highest BCUT2D eigenvalue weighted by molar-refractivity contribution is 5.75. The molecule has 8 heteroatoms. The Morgan fingerprint density at radius 1 is 0.816 bits per heavy atom. The fraction of sp³-hybridized carbons (Fsp3) is 0.976. The summed E-state index contributed by atoms with van der Waals surface area (Å²) in [7, 11) is 0. The van der Waals surface area contributed by atoms with Crippen molar-refractivity contribution >= 4 is 5.91 Å². The van der Waals surface area contributed by atoms with Crippen LogP contribution in [0.5, 0.6) is 0 Å². The van der Waals surface area contributed by atoms with Gasteiger partial charge in [0.05, 0.1) is 12.2 Å². The Morgan fingerprint density at radius 2 is 1.49 bits per heavy atom. The zero-order valence-electron chi connectivity index (χ0n) is 32.7. The summed E-state index contributed by atoms with van der Waals surface area (Å²) >= 11 is 0. The monoisotopic (exact) mass is 693 g/mol. The molecule has 8 nitrogen and oxygen atoms in total. The third-order valence-corrected chi connectivity index (χ3v) is 13.8. The lowest BCUT2D eigenvalue weighted by molar-refractivity contribution is -0.218. The van der Waals surface area contributed by atoms with Gasteiger partial charge in [0.15, 0.2) is 0 Å². The van der Waals surface area contributed by atoms with Crippen LogP contribution in [-0.4, -0.2) is 70.7 Å². The van der Waals surface area contributed by atoms with Crippen LogP contribution in [0.3, 0.4) is 0 Å². The molecule has 3 aliphatic carbocycles. The van der Waals surface area contributed by atoms with Gasteiger partial charge >= 0.3 is 0 Å². The average Bonchev–Trinajstić information content (AvgIpc) is 3.46. The summed E-state index contributed by atoms with van der Waals surface area (Å²) in [6.45, 7) is 18.0. The topological polar surface area (TPSA) is 135 Å². The summed E-state index contributed by atoms with van der Waals surface area (Å²) in [5.74, 6) is 3.33. The molecule has 0 bridgehead atoms. The Hall–Kier alpha value is -0.770. The van der Waals surface area contributed by atoms with Gasteiger partial charge < -0.3 is 36.7 Å². The van der Waals surface area contributed by atoms with Crippen molar-refractivity contribution in [1.29, 1.82) is 0 Å². The first-order valence-electron chi connectivity index (χ1n) is 20.9. The van der Waals surface area contributed by atoms with E-state index in [1.165, 1.54) is 44.9 Å². The van der Waals surface area contributed by atoms with Crippen LogP contribution >= 0.6 is 0 Å². The van der Waals surface area contributed by atoms with Crippen LogP contribution in [0.1, 0.15) is 144 Å². The van der Waals surface area contributed by atoms with Gasteiger partial charge in [-0.2, -0.15) is 0 Å². The zero-order valence-corrected chi connectivity index (χ0v) is 32.7. The van der Waals surface area contributed by atoms with Crippen LogP contribution in [0.2, 0.25) is 0 Å². The van der Waals surface area contributed by atoms with E-state index in [0.717, 1.165) is 90.8 Å². The Balaban J connectivity index is 1.78. The minimum absolute atomic E-state index is 0.0481. The Kier molecular flexibility index (Phi) is 19.4. The zero-order chi connectivity index (χ0) is 35.7. The second-order valence-electron chi connectivity index (χ2n) is 16.6. The highest BCUT2D eigenvalue weighted by Crippen LogP contribution is 2.68. The maximum absolute atomic E-state index is 12.9. The lowest BCUT2D eigenvalue weighted by atomic mass is 9.44. The normalized spacial score (nSPS) is 33.3. The van der Waals surface area contributed by atoms with Crippen molar-refractivity contribution in [3.8, 4) is 0 Å². The van der Waals surface area contributed by atoms with Crippen molar-refractivity contribution in [1.82, 2.24) is 5.32 Å². The quantitative estimate of drug-likeness (QED) is 0.0704. The number of ether oxygens (including phenoxy) is 3. The van der Waals surface area contributed by atoms with Crippen molar-refractivity contribution < 1.29 is 19.0 Å². The Labute approximate surface area is 301 Å². The predicted molar refractivity (Wildman–Crippen MR) is 203 cm³/mol. The molecule has 0 heterocycles. The smallest absolute Gasteiger partial charge is 0.220 e. The molecule has 10 atom stereocenters. The number of hydrogen-bond acceptors (Lipinski definition) is 7. The van der Waals surface area contributed by atoms with Crippen molar-refractivity contribution in [2.75, 3.05) is 52.6 Å². The predicted octanol–water partition coefficient (Wildman–Crippen LogP) is 7.21. The number of nitrogens with two attached hydrogens (primary N) is 3. The molecule has 0 spiro atoms. The highest BCUT2D eigenvalue weighted by Gasteiger charge is 2.65. The summed E-state index contributed by atoms with van der Waals surface area (Å²) in [4.78, 5) is 12.9. The number of nitrogens with one attached hydrogen (secondary N) is 1. The molecule has 3 fully saturated rings. The number of unbranched alkanes of at least 4 members (excludes halogenated alkanes) is 5. The van der Waals surface area contributed by atoms with Gasteiger partial charge in [-0.25, -0.2) is 0 Å². The third kappa shape index (κ3) is 11.4. The second kappa shape index (κ2) is 22.3. The number of carbonyl (C=O) groups excluding carboxylic acids is 1. The van der Waals surface area contributed by atoms with E-state index in [-0.39, 0.29) is 28.9 Å². The van der Waals surface area contributed by atoms with Gasteiger partial charge in [-0.1, -0.05) is 73.1 Å². The molecule has 3 aliphatic rings. The minimum atomic E-state index is 0.0481. The number of fused-ring (bicyclic) bond motifs is 3. The van der Waals surface area contributed by atoms with Gasteiger partial charge in [0.2, 0.25) is 5.91 Å². The molecule has 0 aromatic rings. The van der Waals surface area contributed by atoms with Crippen LogP contribution < -0.4 is 22.5 Å². The van der Waals surface area contributed by atoms with Gasteiger partial charge in [-0.15, -0.1) is 0 Å². The summed E-state index contributed by atoms with van der Waals surface area (Å²) in [5, 5.41) is 3.22. The Morgan fingerprint density at radius 3 is 2.18 bits per heavy atom. The highest BCUT2D eigenvalue weighted by atomic mass is 16.5. The SMILES string of the molecule is CCCCCCCCNC(=O)CC[C@@H](C)[C@H]1CC[C@H]2C3[C@H](OCCCN)CC(CCOCCCN)[C@](C)(CC)[C@H]3C[C@H](OCCCN)[C@]12C. The van der Waals surface area contributed by atoms with Crippen molar-refractivity contribution in [2.45, 2.75) is 156 Å². The van der Waals surface area contributed by atoms with E-state index in [2.05, 4.69) is 39.9 Å². The number of hydrogen-bond donors (Lipinski definition) is 4. The van der Waals surface area contributed by atoms with E-state index in [4.69, 9.17) is 31.4 Å². The van der Waals surface area contributed by atoms with Crippen molar-refractivity contribution in [3.63, 3.8) is 0 Å². The van der Waals surface area contributed by atoms with E-state index in [1.54, 1.807) is 0 Å². The van der Waals surface area contributed by atoms with Crippen molar-refractivity contribution in [2.24, 2.45) is 63.5 Å². The Bertz CT molecular complexity index is 909. The molecule has 0 aromatic carbocycles. The fourth-order valence-corrected chi connectivity index (χ4v) is 10.7. The van der Waals surface area contributed by atoms with Crippen molar-refractivity contribution in [3.05, 3.63) is 0 Å². The van der Waals surface area contributed by atoms with Crippen LogP contribution in [0.25, 0.3) is 0 Å². The lowest BCUT2D eigenvalue weighted by Gasteiger charge is -2.63. The van der Waals surface area contributed by atoms with Gasteiger partial charge in [0, 0.05) is 44.8 Å². The number of carbonyl (C=O) groups is 1. The van der Waals surface area contributed by atoms with Crippen LogP contribution in [0.15, 0.2) is 0 Å². The molecule has 3 rings (SSSR count). The molecule has 2 unspecified atom stereocenters. The van der Waals surface area contributed by atoms with E-state index in [9.17, 15) is 4.79 Å². The minimum Gasteiger partial charge on any atom is -0.381 e. The molecule has 288 valence electrons. The average molecular weight is 693 g/mol. The summed E-state index contributed by atoms with van der Waals surface area (Å²) in [6.07, 6.45) is 19.0. The second-order valence-corrected chi connectivity index (χ2v) is 16.6. The summed E-state index contributed by atoms with van der Waals surface area (Å²) in [5.41, 5.74) is 17.9. The van der Waals surface area contributed by atoms with Crippen LogP contribution in [0.4, 0.5) is 0 Å². The van der Waals surface area contributed by atoms with Gasteiger partial charge in [-0.3, -0.25) is 4.79 Å². The van der Waals surface area contributed by atoms with Crippen LogP contribution in [0, 0.1) is 46.3 Å². The molecule has 0 radical (unpaired) electrons. The molecular formula is C41H80N4O4. The van der Waals surface area contributed by atoms with Gasteiger partial charge in [-0.05, 0) is 125 Å². The van der Waals surface area contributed by atoms with E-state index in [0.29, 0.717) is 61.6 Å². The number of amides is 1. The van der Waals surface area contributed by atoms with E-state index in [1.807, 2.05) is 0 Å².